The van der Waals surface area contributed by atoms with Gasteiger partial charge in [-0.15, -0.1) is 0 Å². The molecule has 128 valence electrons. The van der Waals surface area contributed by atoms with Crippen molar-refractivity contribution < 1.29 is 9.59 Å². The Morgan fingerprint density at radius 3 is 2.80 bits per heavy atom. The van der Waals surface area contributed by atoms with Gasteiger partial charge in [0.2, 0.25) is 0 Å². The average molecular weight is 358 g/mol. The van der Waals surface area contributed by atoms with Crippen LogP contribution in [0.2, 0.25) is 5.02 Å². The van der Waals surface area contributed by atoms with Gasteiger partial charge < -0.3 is 10.6 Å². The fraction of sp³-hybridized carbons (Fsp3) is 0.176. The highest BCUT2D eigenvalue weighted by Gasteiger charge is 2.13. The van der Waals surface area contributed by atoms with Crippen LogP contribution < -0.4 is 10.6 Å². The largest absolute Gasteiger partial charge is 0.352 e. The molecule has 2 amide bonds. The molecule has 0 spiro atoms. The number of aromatic nitrogens is 3. The summed E-state index contributed by atoms with van der Waals surface area (Å²) in [6, 6.07) is 8.08. The maximum Gasteiger partial charge on any atom is 0.274 e. The minimum absolute atomic E-state index is 0.239. The monoisotopic (exact) mass is 357 g/mol. The first-order valence-electron chi connectivity index (χ1n) is 7.77. The molecule has 0 saturated heterocycles. The van der Waals surface area contributed by atoms with Crippen molar-refractivity contribution in [3.05, 3.63) is 52.8 Å². The number of amides is 2. The summed E-state index contributed by atoms with van der Waals surface area (Å²) >= 11 is 6.16. The van der Waals surface area contributed by atoms with Gasteiger partial charge in [0, 0.05) is 12.2 Å². The lowest BCUT2D eigenvalue weighted by atomic mass is 10.2. The summed E-state index contributed by atoms with van der Waals surface area (Å²) in [6.07, 6.45) is 2.39. The number of halogens is 1. The predicted molar refractivity (Wildman–Crippen MR) is 95.9 cm³/mol. The molecule has 25 heavy (non-hydrogen) atoms. The van der Waals surface area contributed by atoms with Gasteiger partial charge >= 0.3 is 0 Å². The zero-order valence-electron chi connectivity index (χ0n) is 13.5. The number of carbonyl (C=O) groups is 2. The molecule has 0 atom stereocenters. The molecule has 3 N–H and O–H groups in total. The Bertz CT molecular complexity index is 938. The molecule has 7 nitrogen and oxygen atoms in total. The number of carbonyl (C=O) groups excluding carboxylic acids is 2. The van der Waals surface area contributed by atoms with Crippen LogP contribution >= 0.6 is 11.6 Å². The Labute approximate surface area is 148 Å². The molecule has 0 aliphatic heterocycles. The lowest BCUT2D eigenvalue weighted by Gasteiger charge is -2.09. The number of anilines is 1. The summed E-state index contributed by atoms with van der Waals surface area (Å²) < 4.78 is 0. The Balaban J connectivity index is 1.74. The van der Waals surface area contributed by atoms with Gasteiger partial charge in [-0.2, -0.15) is 5.10 Å². The highest BCUT2D eigenvalue weighted by atomic mass is 35.5. The van der Waals surface area contributed by atoms with Gasteiger partial charge in [-0.3, -0.25) is 14.7 Å². The van der Waals surface area contributed by atoms with Crippen LogP contribution in [0, 0.1) is 0 Å². The topological polar surface area (TPSA) is 99.8 Å². The SMILES string of the molecule is CCCNC(=O)c1ccc(NC(=O)c2ccc3[nH]ncc3n2)cc1Cl. The number of hydrogen-bond acceptors (Lipinski definition) is 4. The van der Waals surface area contributed by atoms with E-state index in [-0.39, 0.29) is 22.5 Å². The molecule has 0 aliphatic carbocycles. The van der Waals surface area contributed by atoms with Crippen LogP contribution in [0.3, 0.4) is 0 Å². The molecule has 2 heterocycles. The van der Waals surface area contributed by atoms with E-state index in [9.17, 15) is 9.59 Å². The van der Waals surface area contributed by atoms with Crippen molar-refractivity contribution in [2.75, 3.05) is 11.9 Å². The van der Waals surface area contributed by atoms with Crippen molar-refractivity contribution in [2.24, 2.45) is 0 Å². The summed E-state index contributed by atoms with van der Waals surface area (Å²) in [4.78, 5) is 28.5. The smallest absolute Gasteiger partial charge is 0.274 e. The van der Waals surface area contributed by atoms with Gasteiger partial charge in [0.05, 0.1) is 22.3 Å². The van der Waals surface area contributed by atoms with Crippen molar-refractivity contribution >= 4 is 40.1 Å². The van der Waals surface area contributed by atoms with Crippen LogP contribution in [0.1, 0.15) is 34.2 Å². The van der Waals surface area contributed by atoms with E-state index >= 15 is 0 Å². The number of H-pyrrole nitrogens is 1. The molecule has 3 rings (SSSR count). The van der Waals surface area contributed by atoms with Crippen LogP contribution in [0.4, 0.5) is 5.69 Å². The molecule has 0 fully saturated rings. The zero-order valence-corrected chi connectivity index (χ0v) is 14.2. The molecular weight excluding hydrogens is 342 g/mol. The highest BCUT2D eigenvalue weighted by molar-refractivity contribution is 6.34. The van der Waals surface area contributed by atoms with E-state index in [0.717, 1.165) is 11.9 Å². The second kappa shape index (κ2) is 7.31. The van der Waals surface area contributed by atoms with E-state index in [1.54, 1.807) is 30.5 Å². The third-order valence-corrected chi connectivity index (χ3v) is 3.85. The quantitative estimate of drug-likeness (QED) is 0.653. The lowest BCUT2D eigenvalue weighted by Crippen LogP contribution is -2.24. The van der Waals surface area contributed by atoms with Crippen LogP contribution in [0.25, 0.3) is 11.0 Å². The number of rotatable bonds is 5. The maximum absolute atomic E-state index is 12.3. The predicted octanol–water partition coefficient (Wildman–Crippen LogP) is 3.00. The molecule has 0 unspecified atom stereocenters. The molecule has 8 heteroatoms. The van der Waals surface area contributed by atoms with Crippen molar-refractivity contribution in [2.45, 2.75) is 13.3 Å². The van der Waals surface area contributed by atoms with Crippen molar-refractivity contribution in [1.29, 1.82) is 0 Å². The zero-order chi connectivity index (χ0) is 17.8. The molecule has 1 aromatic carbocycles. The summed E-state index contributed by atoms with van der Waals surface area (Å²) in [7, 11) is 0. The van der Waals surface area contributed by atoms with Crippen molar-refractivity contribution in [3.8, 4) is 0 Å². The van der Waals surface area contributed by atoms with E-state index in [4.69, 9.17) is 11.6 Å². The molecule has 2 aromatic heterocycles. The van der Waals surface area contributed by atoms with E-state index in [1.807, 2.05) is 6.92 Å². The Morgan fingerprint density at radius 2 is 2.04 bits per heavy atom. The molecule has 0 aliphatic rings. The fourth-order valence-electron chi connectivity index (χ4n) is 2.26. The molecule has 0 bridgehead atoms. The molecule has 3 aromatic rings. The van der Waals surface area contributed by atoms with Crippen molar-refractivity contribution in [3.63, 3.8) is 0 Å². The Morgan fingerprint density at radius 1 is 1.20 bits per heavy atom. The van der Waals surface area contributed by atoms with Gasteiger partial charge in [-0.25, -0.2) is 4.98 Å². The van der Waals surface area contributed by atoms with Gasteiger partial charge in [0.25, 0.3) is 11.8 Å². The highest BCUT2D eigenvalue weighted by Crippen LogP contribution is 2.21. The number of hydrogen-bond donors (Lipinski definition) is 3. The summed E-state index contributed by atoms with van der Waals surface area (Å²) in [5.74, 6) is -0.612. The number of pyridine rings is 1. The third kappa shape index (κ3) is 3.77. The van der Waals surface area contributed by atoms with E-state index in [2.05, 4.69) is 25.8 Å². The van der Waals surface area contributed by atoms with Gasteiger partial charge in [-0.1, -0.05) is 18.5 Å². The van der Waals surface area contributed by atoms with Gasteiger partial charge in [0.15, 0.2) is 0 Å². The number of fused-ring (bicyclic) bond motifs is 1. The van der Waals surface area contributed by atoms with Gasteiger partial charge in [0.1, 0.15) is 11.2 Å². The van der Waals surface area contributed by atoms with Crippen LogP contribution in [0.15, 0.2) is 36.5 Å². The van der Waals surface area contributed by atoms with Crippen LogP contribution in [-0.4, -0.2) is 33.5 Å². The normalized spacial score (nSPS) is 10.6. The number of nitrogens with zero attached hydrogens (tertiary/aromatic N) is 2. The average Bonchev–Trinajstić information content (AvgIpc) is 3.07. The van der Waals surface area contributed by atoms with E-state index in [0.29, 0.717) is 23.3 Å². The molecule has 0 radical (unpaired) electrons. The maximum atomic E-state index is 12.3. The third-order valence-electron chi connectivity index (χ3n) is 3.54. The van der Waals surface area contributed by atoms with Crippen LogP contribution in [-0.2, 0) is 0 Å². The number of aromatic amines is 1. The van der Waals surface area contributed by atoms with Crippen LogP contribution in [0.5, 0.6) is 0 Å². The minimum atomic E-state index is -0.373. The van der Waals surface area contributed by atoms with E-state index < -0.39 is 0 Å². The lowest BCUT2D eigenvalue weighted by molar-refractivity contribution is 0.0953. The standard InChI is InChI=1S/C17H16ClN5O2/c1-2-7-19-16(24)11-4-3-10(8-12(11)18)21-17(25)14-6-5-13-15(22-14)9-20-23-13/h3-6,8-9H,2,7H2,1H3,(H,19,24)(H,20,23)(H,21,25). The Hall–Kier alpha value is -2.93. The number of nitrogens with one attached hydrogen (secondary N) is 3. The minimum Gasteiger partial charge on any atom is -0.352 e. The first-order chi connectivity index (χ1) is 12.1. The summed E-state index contributed by atoms with van der Waals surface area (Å²) in [6.45, 7) is 2.55. The first kappa shape index (κ1) is 16.9. The van der Waals surface area contributed by atoms with Crippen molar-refractivity contribution in [1.82, 2.24) is 20.5 Å². The summed E-state index contributed by atoms with van der Waals surface area (Å²) in [5, 5.41) is 12.4. The van der Waals surface area contributed by atoms with Gasteiger partial charge in [-0.05, 0) is 36.8 Å². The number of benzene rings is 1. The molecule has 0 saturated carbocycles. The summed E-state index contributed by atoms with van der Waals surface area (Å²) in [5.41, 5.74) is 2.47. The second-order valence-electron chi connectivity index (χ2n) is 5.40. The Kier molecular flexibility index (Phi) is 4.95. The second-order valence-corrected chi connectivity index (χ2v) is 5.81. The molecular formula is C17H16ClN5O2. The first-order valence-corrected chi connectivity index (χ1v) is 8.15. The van der Waals surface area contributed by atoms with E-state index in [1.165, 1.54) is 6.07 Å². The fourth-order valence-corrected chi connectivity index (χ4v) is 2.53.